The van der Waals surface area contributed by atoms with Crippen molar-refractivity contribution < 1.29 is 28.6 Å². The van der Waals surface area contributed by atoms with Crippen molar-refractivity contribution in [2.75, 3.05) is 13.2 Å². The van der Waals surface area contributed by atoms with Crippen molar-refractivity contribution in [2.24, 2.45) is 0 Å². The molecule has 0 aromatic rings. The molecule has 0 aromatic carbocycles. The highest BCUT2D eigenvalue weighted by Gasteiger charge is 2.19. The van der Waals surface area contributed by atoms with Crippen LogP contribution in [0.4, 0.5) is 0 Å². The van der Waals surface area contributed by atoms with E-state index in [1.165, 1.54) is 186 Å². The molecule has 6 nitrogen and oxygen atoms in total. The van der Waals surface area contributed by atoms with Crippen LogP contribution in [0.3, 0.4) is 0 Å². The van der Waals surface area contributed by atoms with Gasteiger partial charge >= 0.3 is 17.9 Å². The van der Waals surface area contributed by atoms with Crippen molar-refractivity contribution in [1.29, 1.82) is 0 Å². The lowest BCUT2D eigenvalue weighted by atomic mass is 10.0. The zero-order chi connectivity index (χ0) is 45.8. The number of hydrogen-bond donors (Lipinski definition) is 0. The molecule has 0 saturated carbocycles. The number of carbonyl (C=O) groups is 3. The van der Waals surface area contributed by atoms with E-state index in [-0.39, 0.29) is 31.1 Å². The third-order valence-electron chi connectivity index (χ3n) is 12.5. The van der Waals surface area contributed by atoms with E-state index in [9.17, 15) is 14.4 Å². The Morgan fingerprint density at radius 2 is 0.619 bits per heavy atom. The van der Waals surface area contributed by atoms with Crippen LogP contribution in [0.2, 0.25) is 0 Å². The van der Waals surface area contributed by atoms with Crippen LogP contribution in [0.25, 0.3) is 0 Å². The molecule has 0 saturated heterocycles. The zero-order valence-electron chi connectivity index (χ0n) is 42.4. The molecule has 0 aliphatic rings. The fourth-order valence-corrected chi connectivity index (χ4v) is 8.31. The lowest BCUT2D eigenvalue weighted by Crippen LogP contribution is -2.30. The van der Waals surface area contributed by atoms with Gasteiger partial charge in [0, 0.05) is 19.3 Å². The fraction of sp³-hybridized carbons (Fsp3) is 0.877. The number of esters is 3. The molecule has 0 bridgehead atoms. The molecule has 370 valence electrons. The predicted molar refractivity (Wildman–Crippen MR) is 270 cm³/mol. The van der Waals surface area contributed by atoms with Gasteiger partial charge in [-0.05, 0) is 44.9 Å². The van der Waals surface area contributed by atoms with Crippen molar-refractivity contribution >= 4 is 17.9 Å². The molecule has 0 aliphatic carbocycles. The Hall–Kier alpha value is -2.11. The molecular weight excluding hydrogens is 781 g/mol. The van der Waals surface area contributed by atoms with Gasteiger partial charge < -0.3 is 14.2 Å². The Balaban J connectivity index is 4.28. The summed E-state index contributed by atoms with van der Waals surface area (Å²) in [5.74, 6) is -0.859. The Bertz CT molecular complexity index is 1020. The summed E-state index contributed by atoms with van der Waals surface area (Å²) in [5, 5.41) is 0. The van der Waals surface area contributed by atoms with Crippen molar-refractivity contribution in [3.8, 4) is 0 Å². The largest absolute Gasteiger partial charge is 0.462 e. The summed E-state index contributed by atoms with van der Waals surface area (Å²) in [6.07, 6.45) is 60.2. The standard InChI is InChI=1S/C57H106O6/c1-4-7-10-13-16-19-22-25-27-28-29-30-31-33-35-38-41-44-47-50-56(59)62-53-54(52-61-55(58)49-46-43-40-37-34-24-21-18-15-12-9-6-3)63-57(60)51-48-45-42-39-36-32-26-23-20-17-14-11-8-5-2/h8,11,17,20,54H,4-7,9-10,12-16,18-19,21-53H2,1-3H3/b11-8-,20-17-. The first-order valence-corrected chi connectivity index (χ1v) is 27.8. The first kappa shape index (κ1) is 60.9. The summed E-state index contributed by atoms with van der Waals surface area (Å²) in [6, 6.07) is 0. The highest BCUT2D eigenvalue weighted by molar-refractivity contribution is 5.71. The number of rotatable bonds is 51. The molecule has 0 spiro atoms. The minimum absolute atomic E-state index is 0.0692. The molecule has 0 aromatic heterocycles. The normalized spacial score (nSPS) is 12.1. The summed E-state index contributed by atoms with van der Waals surface area (Å²) in [6.45, 7) is 6.57. The molecule has 0 radical (unpaired) electrons. The number of ether oxygens (including phenoxy) is 3. The number of hydrogen-bond acceptors (Lipinski definition) is 6. The van der Waals surface area contributed by atoms with Gasteiger partial charge in [-0.2, -0.15) is 0 Å². The summed E-state index contributed by atoms with van der Waals surface area (Å²) >= 11 is 0. The van der Waals surface area contributed by atoms with E-state index in [1.54, 1.807) is 0 Å². The molecule has 1 atom stereocenters. The smallest absolute Gasteiger partial charge is 0.306 e. The summed E-state index contributed by atoms with van der Waals surface area (Å²) < 4.78 is 16.8. The second-order valence-electron chi connectivity index (χ2n) is 18.8. The molecule has 0 N–H and O–H groups in total. The molecule has 0 fully saturated rings. The quantitative estimate of drug-likeness (QED) is 0.0262. The monoisotopic (exact) mass is 887 g/mol. The van der Waals surface area contributed by atoms with E-state index in [2.05, 4.69) is 45.1 Å². The lowest BCUT2D eigenvalue weighted by Gasteiger charge is -2.18. The first-order chi connectivity index (χ1) is 31.0. The SMILES string of the molecule is CC/C=C\C/C=C\CCCCCCCCCC(=O)OC(COC(=O)CCCCCCCCCCCCCC)COC(=O)CCCCCCCCCCCCCCCCCCCCC. The molecule has 0 heterocycles. The van der Waals surface area contributed by atoms with Crippen LogP contribution in [0.15, 0.2) is 24.3 Å². The average molecular weight is 887 g/mol. The van der Waals surface area contributed by atoms with E-state index in [1.807, 2.05) is 0 Å². The molecule has 63 heavy (non-hydrogen) atoms. The van der Waals surface area contributed by atoms with Gasteiger partial charge in [-0.25, -0.2) is 0 Å². The summed E-state index contributed by atoms with van der Waals surface area (Å²) in [7, 11) is 0. The zero-order valence-corrected chi connectivity index (χ0v) is 42.4. The number of allylic oxidation sites excluding steroid dienone is 4. The predicted octanol–water partition coefficient (Wildman–Crippen LogP) is 18.3. The summed E-state index contributed by atoms with van der Waals surface area (Å²) in [4.78, 5) is 38.0. The average Bonchev–Trinajstić information content (AvgIpc) is 3.28. The number of unbranched alkanes of at least 4 members (excludes halogenated alkanes) is 36. The Morgan fingerprint density at radius 1 is 0.333 bits per heavy atom. The van der Waals surface area contributed by atoms with Gasteiger partial charge in [0.05, 0.1) is 0 Å². The van der Waals surface area contributed by atoms with Gasteiger partial charge in [0.1, 0.15) is 13.2 Å². The second-order valence-corrected chi connectivity index (χ2v) is 18.8. The van der Waals surface area contributed by atoms with E-state index in [0.29, 0.717) is 19.3 Å². The van der Waals surface area contributed by atoms with Gasteiger partial charge in [0.15, 0.2) is 6.10 Å². The topological polar surface area (TPSA) is 78.9 Å². The summed E-state index contributed by atoms with van der Waals surface area (Å²) in [5.41, 5.74) is 0. The van der Waals surface area contributed by atoms with Crippen LogP contribution < -0.4 is 0 Å². The Kier molecular flexibility index (Phi) is 50.8. The van der Waals surface area contributed by atoms with Crippen LogP contribution in [0.5, 0.6) is 0 Å². The molecule has 1 unspecified atom stereocenters. The molecular formula is C57H106O6. The highest BCUT2D eigenvalue weighted by atomic mass is 16.6. The van der Waals surface area contributed by atoms with Gasteiger partial charge in [0.25, 0.3) is 0 Å². The maximum atomic E-state index is 12.8. The van der Waals surface area contributed by atoms with Crippen LogP contribution in [0, 0.1) is 0 Å². The van der Waals surface area contributed by atoms with Gasteiger partial charge in [-0.3, -0.25) is 14.4 Å². The van der Waals surface area contributed by atoms with Gasteiger partial charge in [0.2, 0.25) is 0 Å². The van der Waals surface area contributed by atoms with Crippen molar-refractivity contribution in [3.63, 3.8) is 0 Å². The Labute approximate surface area is 392 Å². The van der Waals surface area contributed by atoms with Gasteiger partial charge in [-0.1, -0.05) is 263 Å². The highest BCUT2D eigenvalue weighted by Crippen LogP contribution is 2.17. The third-order valence-corrected chi connectivity index (χ3v) is 12.5. The third kappa shape index (κ3) is 50.7. The van der Waals surface area contributed by atoms with E-state index >= 15 is 0 Å². The minimum atomic E-state index is -0.769. The van der Waals surface area contributed by atoms with Crippen LogP contribution in [0.1, 0.15) is 303 Å². The molecule has 0 amide bonds. The maximum Gasteiger partial charge on any atom is 0.306 e. The lowest BCUT2D eigenvalue weighted by molar-refractivity contribution is -0.167. The molecule has 6 heteroatoms. The van der Waals surface area contributed by atoms with Crippen molar-refractivity contribution in [2.45, 2.75) is 309 Å². The van der Waals surface area contributed by atoms with Crippen molar-refractivity contribution in [3.05, 3.63) is 24.3 Å². The minimum Gasteiger partial charge on any atom is -0.462 e. The van der Waals surface area contributed by atoms with Crippen LogP contribution in [-0.2, 0) is 28.6 Å². The number of carbonyl (C=O) groups excluding carboxylic acids is 3. The van der Waals surface area contributed by atoms with E-state index < -0.39 is 6.10 Å². The van der Waals surface area contributed by atoms with Crippen LogP contribution in [-0.4, -0.2) is 37.2 Å². The van der Waals surface area contributed by atoms with E-state index in [0.717, 1.165) is 77.0 Å². The molecule has 0 rings (SSSR count). The first-order valence-electron chi connectivity index (χ1n) is 27.8. The molecule has 0 aliphatic heterocycles. The maximum absolute atomic E-state index is 12.8. The fourth-order valence-electron chi connectivity index (χ4n) is 8.31. The van der Waals surface area contributed by atoms with Crippen LogP contribution >= 0.6 is 0 Å². The van der Waals surface area contributed by atoms with Gasteiger partial charge in [-0.15, -0.1) is 0 Å². The van der Waals surface area contributed by atoms with Crippen molar-refractivity contribution in [1.82, 2.24) is 0 Å². The van der Waals surface area contributed by atoms with E-state index in [4.69, 9.17) is 14.2 Å². The Morgan fingerprint density at radius 3 is 0.952 bits per heavy atom. The second kappa shape index (κ2) is 52.5.